The molecule has 0 unspecified atom stereocenters. The van der Waals surface area contributed by atoms with Gasteiger partial charge in [0.25, 0.3) is 0 Å². The number of esters is 1. The molecule has 17 heavy (non-hydrogen) atoms. The van der Waals surface area contributed by atoms with Gasteiger partial charge in [-0.2, -0.15) is 5.26 Å². The smallest absolute Gasteiger partial charge is 0.325 e. The highest BCUT2D eigenvalue weighted by Crippen LogP contribution is 2.15. The van der Waals surface area contributed by atoms with E-state index in [1.807, 2.05) is 6.07 Å². The molecule has 0 aromatic heterocycles. The van der Waals surface area contributed by atoms with Crippen molar-refractivity contribution >= 4 is 11.7 Å². The molecule has 0 aliphatic heterocycles. The fourth-order valence-electron chi connectivity index (χ4n) is 1.24. The lowest BCUT2D eigenvalue weighted by Crippen LogP contribution is -2.20. The molecule has 0 atom stereocenters. The first-order valence-electron chi connectivity index (χ1n) is 5.16. The van der Waals surface area contributed by atoms with Crippen LogP contribution in [0.1, 0.15) is 19.4 Å². The molecule has 1 aromatic carbocycles. The molecule has 0 heterocycles. The van der Waals surface area contributed by atoms with Gasteiger partial charge in [0, 0.05) is 0 Å². The molecule has 0 bridgehead atoms. The van der Waals surface area contributed by atoms with E-state index in [9.17, 15) is 9.18 Å². The van der Waals surface area contributed by atoms with Crippen LogP contribution >= 0.6 is 0 Å². The second kappa shape index (κ2) is 5.85. The monoisotopic (exact) mass is 236 g/mol. The van der Waals surface area contributed by atoms with Crippen LogP contribution in [-0.4, -0.2) is 18.6 Å². The molecule has 0 radical (unpaired) electrons. The molecule has 0 fully saturated rings. The van der Waals surface area contributed by atoms with Gasteiger partial charge < -0.3 is 10.1 Å². The number of carbonyl (C=O) groups excluding carboxylic acids is 1. The van der Waals surface area contributed by atoms with Crippen molar-refractivity contribution in [3.05, 3.63) is 29.6 Å². The van der Waals surface area contributed by atoms with Gasteiger partial charge in [-0.3, -0.25) is 4.79 Å². The van der Waals surface area contributed by atoms with Crippen molar-refractivity contribution in [2.45, 2.75) is 20.0 Å². The summed E-state index contributed by atoms with van der Waals surface area (Å²) in [5.74, 6) is -0.912. The summed E-state index contributed by atoms with van der Waals surface area (Å²) in [7, 11) is 0. The lowest BCUT2D eigenvalue weighted by Gasteiger charge is -2.10. The lowest BCUT2D eigenvalue weighted by atomic mass is 10.2. The molecule has 0 saturated heterocycles. The van der Waals surface area contributed by atoms with Gasteiger partial charge in [-0.25, -0.2) is 4.39 Å². The number of ether oxygens (including phenoxy) is 1. The van der Waals surface area contributed by atoms with Crippen molar-refractivity contribution in [3.63, 3.8) is 0 Å². The minimum atomic E-state index is -0.489. The van der Waals surface area contributed by atoms with Crippen molar-refractivity contribution in [2.24, 2.45) is 0 Å². The average molecular weight is 236 g/mol. The molecule has 1 rings (SSSR count). The highest BCUT2D eigenvalue weighted by molar-refractivity contribution is 5.76. The molecular weight excluding hydrogens is 223 g/mol. The molecule has 0 aliphatic carbocycles. The summed E-state index contributed by atoms with van der Waals surface area (Å²) in [5, 5.41) is 11.5. The maximum absolute atomic E-state index is 12.8. The van der Waals surface area contributed by atoms with Gasteiger partial charge in [0.1, 0.15) is 18.4 Å². The summed E-state index contributed by atoms with van der Waals surface area (Å²) < 4.78 is 17.7. The van der Waals surface area contributed by atoms with Crippen molar-refractivity contribution in [1.82, 2.24) is 0 Å². The highest BCUT2D eigenvalue weighted by atomic mass is 19.1. The topological polar surface area (TPSA) is 62.1 Å². The Morgan fingerprint density at radius 1 is 1.59 bits per heavy atom. The third-order valence-electron chi connectivity index (χ3n) is 1.89. The highest BCUT2D eigenvalue weighted by Gasteiger charge is 2.08. The summed E-state index contributed by atoms with van der Waals surface area (Å²) in [6, 6.07) is 5.59. The van der Waals surface area contributed by atoms with E-state index in [1.165, 1.54) is 12.1 Å². The molecule has 0 aliphatic rings. The summed E-state index contributed by atoms with van der Waals surface area (Å²) in [4.78, 5) is 11.3. The lowest BCUT2D eigenvalue weighted by molar-refractivity contribution is -0.145. The van der Waals surface area contributed by atoms with E-state index < -0.39 is 11.8 Å². The molecule has 0 amide bonds. The predicted molar refractivity (Wildman–Crippen MR) is 60.8 cm³/mol. The third-order valence-corrected chi connectivity index (χ3v) is 1.89. The average Bonchev–Trinajstić information content (AvgIpc) is 2.26. The first kappa shape index (κ1) is 13.0. The van der Waals surface area contributed by atoms with Gasteiger partial charge in [0.15, 0.2) is 0 Å². The van der Waals surface area contributed by atoms with Crippen LogP contribution in [0.2, 0.25) is 0 Å². The molecular formula is C12H13FN2O2. The first-order chi connectivity index (χ1) is 8.02. The van der Waals surface area contributed by atoms with Crippen LogP contribution in [-0.2, 0) is 9.53 Å². The predicted octanol–water partition coefficient (Wildman–Crippen LogP) is 2.06. The van der Waals surface area contributed by atoms with Crippen LogP contribution in [0.15, 0.2) is 18.2 Å². The number of hydrogen-bond acceptors (Lipinski definition) is 4. The maximum atomic E-state index is 12.8. The van der Waals surface area contributed by atoms with Crippen LogP contribution in [0.25, 0.3) is 0 Å². The molecule has 5 heteroatoms. The Bertz CT molecular complexity index is 452. The van der Waals surface area contributed by atoms with Gasteiger partial charge >= 0.3 is 5.97 Å². The standard InChI is InChI=1S/C12H13FN2O2/c1-8(2)17-12(16)7-15-11-4-3-10(13)5-9(11)6-14/h3-5,8,15H,7H2,1-2H3. The van der Waals surface area contributed by atoms with E-state index in [0.29, 0.717) is 5.69 Å². The second-order valence-electron chi connectivity index (χ2n) is 3.69. The molecule has 1 aromatic rings. The molecule has 0 spiro atoms. The molecule has 0 saturated carbocycles. The van der Waals surface area contributed by atoms with Crippen LogP contribution < -0.4 is 5.32 Å². The minimum Gasteiger partial charge on any atom is -0.462 e. The molecule has 4 nitrogen and oxygen atoms in total. The number of halogens is 1. The Morgan fingerprint density at radius 2 is 2.29 bits per heavy atom. The Morgan fingerprint density at radius 3 is 2.88 bits per heavy atom. The number of benzene rings is 1. The number of rotatable bonds is 4. The zero-order valence-electron chi connectivity index (χ0n) is 9.66. The van der Waals surface area contributed by atoms with E-state index in [4.69, 9.17) is 10.00 Å². The fraction of sp³-hybridized carbons (Fsp3) is 0.333. The second-order valence-corrected chi connectivity index (χ2v) is 3.69. The maximum Gasteiger partial charge on any atom is 0.325 e. The number of anilines is 1. The van der Waals surface area contributed by atoms with Crippen LogP contribution in [0.5, 0.6) is 0 Å². The zero-order chi connectivity index (χ0) is 12.8. The Labute approximate surface area is 99.0 Å². The van der Waals surface area contributed by atoms with Gasteiger partial charge in [-0.05, 0) is 32.0 Å². The largest absolute Gasteiger partial charge is 0.462 e. The number of nitriles is 1. The summed E-state index contributed by atoms with van der Waals surface area (Å²) in [6.45, 7) is 3.44. The number of carbonyl (C=O) groups is 1. The molecule has 1 N–H and O–H groups in total. The summed E-state index contributed by atoms with van der Waals surface area (Å²) >= 11 is 0. The number of nitrogens with zero attached hydrogens (tertiary/aromatic N) is 1. The summed E-state index contributed by atoms with van der Waals surface area (Å²) in [6.07, 6.45) is -0.187. The van der Waals surface area contributed by atoms with Crippen LogP contribution in [0.4, 0.5) is 10.1 Å². The Balaban J connectivity index is 2.64. The number of nitrogens with one attached hydrogen (secondary N) is 1. The van der Waals surface area contributed by atoms with Gasteiger partial charge in [0.05, 0.1) is 17.4 Å². The number of hydrogen-bond donors (Lipinski definition) is 1. The SMILES string of the molecule is CC(C)OC(=O)CNc1ccc(F)cc1C#N. The molecule has 90 valence electrons. The fourth-order valence-corrected chi connectivity index (χ4v) is 1.24. The minimum absolute atomic E-state index is 0.0571. The van der Waals surface area contributed by atoms with E-state index in [-0.39, 0.29) is 18.2 Å². The van der Waals surface area contributed by atoms with Gasteiger partial charge in [-0.1, -0.05) is 0 Å². The zero-order valence-corrected chi connectivity index (χ0v) is 9.66. The van der Waals surface area contributed by atoms with Crippen molar-refractivity contribution in [2.75, 3.05) is 11.9 Å². The van der Waals surface area contributed by atoms with E-state index in [0.717, 1.165) is 6.07 Å². The quantitative estimate of drug-likeness (QED) is 0.813. The van der Waals surface area contributed by atoms with Crippen LogP contribution in [0.3, 0.4) is 0 Å². The van der Waals surface area contributed by atoms with E-state index in [1.54, 1.807) is 13.8 Å². The van der Waals surface area contributed by atoms with E-state index >= 15 is 0 Å². The van der Waals surface area contributed by atoms with Gasteiger partial charge in [-0.15, -0.1) is 0 Å². The van der Waals surface area contributed by atoms with Crippen molar-refractivity contribution in [3.8, 4) is 6.07 Å². The summed E-state index contributed by atoms with van der Waals surface area (Å²) in [5.41, 5.74) is 0.567. The normalized spacial score (nSPS) is 9.82. The van der Waals surface area contributed by atoms with Crippen molar-refractivity contribution < 1.29 is 13.9 Å². The van der Waals surface area contributed by atoms with Crippen LogP contribution in [0, 0.1) is 17.1 Å². The van der Waals surface area contributed by atoms with E-state index in [2.05, 4.69) is 5.32 Å². The Hall–Kier alpha value is -2.09. The Kier molecular flexibility index (Phi) is 4.46. The first-order valence-corrected chi connectivity index (χ1v) is 5.16. The van der Waals surface area contributed by atoms with Gasteiger partial charge in [0.2, 0.25) is 0 Å². The third kappa shape index (κ3) is 4.11. The van der Waals surface area contributed by atoms with Crippen molar-refractivity contribution in [1.29, 1.82) is 5.26 Å².